The van der Waals surface area contributed by atoms with Crippen LogP contribution in [0.5, 0.6) is 5.75 Å². The highest BCUT2D eigenvalue weighted by Crippen LogP contribution is 2.23. The molecule has 0 spiro atoms. The average molecular weight is 637 g/mol. The lowest BCUT2D eigenvalue weighted by atomic mass is 10.0. The van der Waals surface area contributed by atoms with E-state index in [0.29, 0.717) is 25.1 Å². The number of esters is 1. The maximum atomic E-state index is 13.1. The van der Waals surface area contributed by atoms with Crippen LogP contribution in [0.3, 0.4) is 0 Å². The lowest BCUT2D eigenvalue weighted by molar-refractivity contribution is -0.136. The summed E-state index contributed by atoms with van der Waals surface area (Å²) in [6.07, 6.45) is 29.8. The Kier molecular flexibility index (Phi) is 22.1. The second-order valence-corrected chi connectivity index (χ2v) is 11.4. The van der Waals surface area contributed by atoms with E-state index in [1.54, 1.807) is 0 Å². The fraction of sp³-hybridized carbons (Fsp3) is 0.500. The Morgan fingerprint density at radius 1 is 0.826 bits per heavy atom. The number of unbranched alkanes of at least 4 members (excludes halogenated alkanes) is 2. The number of rotatable bonds is 23. The number of carbonyl (C=O) groups excluding carboxylic acids is 3. The Labute approximate surface area is 276 Å². The summed E-state index contributed by atoms with van der Waals surface area (Å²) in [6, 6.07) is 3.33. The van der Waals surface area contributed by atoms with Crippen LogP contribution in [0.1, 0.15) is 102 Å². The molecule has 0 aromatic heterocycles. The van der Waals surface area contributed by atoms with E-state index >= 15 is 0 Å². The number of ether oxygens (including phenoxy) is 2. The number of benzene rings is 1. The number of amides is 2. The molecule has 1 rings (SSSR count). The van der Waals surface area contributed by atoms with E-state index in [9.17, 15) is 19.5 Å². The summed E-state index contributed by atoms with van der Waals surface area (Å²) in [4.78, 5) is 38.0. The van der Waals surface area contributed by atoms with Gasteiger partial charge < -0.3 is 25.2 Å². The van der Waals surface area contributed by atoms with Crippen LogP contribution in [0.25, 0.3) is 0 Å². The summed E-state index contributed by atoms with van der Waals surface area (Å²) in [5, 5.41) is 15.5. The van der Waals surface area contributed by atoms with Gasteiger partial charge in [-0.05, 0) is 88.3 Å². The fourth-order valence-corrected chi connectivity index (χ4v) is 4.42. The van der Waals surface area contributed by atoms with Gasteiger partial charge in [0.15, 0.2) is 0 Å². The van der Waals surface area contributed by atoms with E-state index in [1.165, 1.54) is 25.3 Å². The molecule has 0 aliphatic heterocycles. The SMILES string of the molecule is CCC=CCC=CCC=CCC=CCC=CCCCCOC(CC)C(=O)N[C@@H](CC(C)C)C(=O)Nc1ccc(O)c(C(=O)OC)c1. The summed E-state index contributed by atoms with van der Waals surface area (Å²) in [5.74, 6) is -1.59. The molecule has 0 aliphatic carbocycles. The van der Waals surface area contributed by atoms with Gasteiger partial charge in [-0.15, -0.1) is 0 Å². The summed E-state index contributed by atoms with van der Waals surface area (Å²) < 4.78 is 10.6. The molecule has 8 heteroatoms. The monoisotopic (exact) mass is 636 g/mol. The van der Waals surface area contributed by atoms with E-state index in [1.807, 2.05) is 20.8 Å². The van der Waals surface area contributed by atoms with Crippen molar-refractivity contribution in [1.29, 1.82) is 0 Å². The first-order valence-electron chi connectivity index (χ1n) is 16.6. The first kappa shape index (κ1) is 40.1. The number of carbonyl (C=O) groups is 3. The maximum absolute atomic E-state index is 13.1. The van der Waals surface area contributed by atoms with Crippen LogP contribution in [-0.2, 0) is 19.1 Å². The molecule has 1 unspecified atom stereocenters. The molecule has 254 valence electrons. The Balaban J connectivity index is 2.40. The minimum atomic E-state index is -0.795. The molecule has 0 saturated carbocycles. The normalized spacial score (nSPS) is 13.4. The second-order valence-electron chi connectivity index (χ2n) is 11.4. The quantitative estimate of drug-likeness (QED) is 0.0481. The van der Waals surface area contributed by atoms with Crippen molar-refractivity contribution in [3.8, 4) is 5.75 Å². The lowest BCUT2D eigenvalue weighted by Gasteiger charge is -2.23. The van der Waals surface area contributed by atoms with Gasteiger partial charge in [-0.3, -0.25) is 9.59 Å². The smallest absolute Gasteiger partial charge is 0.341 e. The van der Waals surface area contributed by atoms with Gasteiger partial charge in [0.25, 0.3) is 0 Å². The van der Waals surface area contributed by atoms with E-state index in [2.05, 4.69) is 83.1 Å². The molecule has 46 heavy (non-hydrogen) atoms. The van der Waals surface area contributed by atoms with Crippen LogP contribution >= 0.6 is 0 Å². The molecular formula is C38H56N2O6. The van der Waals surface area contributed by atoms with Crippen molar-refractivity contribution in [1.82, 2.24) is 5.32 Å². The van der Waals surface area contributed by atoms with Gasteiger partial charge in [0.05, 0.1) is 7.11 Å². The number of anilines is 1. The second kappa shape index (κ2) is 25.3. The zero-order chi connectivity index (χ0) is 34.0. The third-order valence-corrected chi connectivity index (χ3v) is 6.91. The van der Waals surface area contributed by atoms with Crippen molar-refractivity contribution in [2.45, 2.75) is 104 Å². The number of aromatic hydroxyl groups is 1. The van der Waals surface area contributed by atoms with Crippen molar-refractivity contribution < 1.29 is 29.0 Å². The van der Waals surface area contributed by atoms with Gasteiger partial charge in [0.2, 0.25) is 11.8 Å². The van der Waals surface area contributed by atoms with Crippen LogP contribution in [0.2, 0.25) is 0 Å². The molecule has 0 heterocycles. The molecule has 1 aromatic carbocycles. The fourth-order valence-electron chi connectivity index (χ4n) is 4.42. The van der Waals surface area contributed by atoms with E-state index < -0.39 is 24.0 Å². The van der Waals surface area contributed by atoms with Crippen molar-refractivity contribution in [2.24, 2.45) is 5.92 Å². The minimum absolute atomic E-state index is 0.0643. The highest BCUT2D eigenvalue weighted by atomic mass is 16.5. The van der Waals surface area contributed by atoms with Crippen molar-refractivity contribution in [3.63, 3.8) is 0 Å². The van der Waals surface area contributed by atoms with Gasteiger partial charge in [-0.2, -0.15) is 0 Å². The molecule has 3 N–H and O–H groups in total. The predicted molar refractivity (Wildman–Crippen MR) is 188 cm³/mol. The molecule has 0 radical (unpaired) electrons. The molecule has 2 atom stereocenters. The predicted octanol–water partition coefficient (Wildman–Crippen LogP) is 8.37. The summed E-state index contributed by atoms with van der Waals surface area (Å²) >= 11 is 0. The summed E-state index contributed by atoms with van der Waals surface area (Å²) in [6.45, 7) is 8.41. The average Bonchev–Trinajstić information content (AvgIpc) is 3.03. The van der Waals surface area contributed by atoms with Gasteiger partial charge in [-0.25, -0.2) is 4.79 Å². The van der Waals surface area contributed by atoms with Gasteiger partial charge in [0, 0.05) is 12.3 Å². The number of nitrogens with one attached hydrogen (secondary N) is 2. The van der Waals surface area contributed by atoms with Crippen LogP contribution in [-0.4, -0.2) is 48.8 Å². The summed E-state index contributed by atoms with van der Waals surface area (Å²) in [5.41, 5.74) is 0.243. The highest BCUT2D eigenvalue weighted by Gasteiger charge is 2.26. The molecule has 0 fully saturated rings. The molecular weight excluding hydrogens is 580 g/mol. The standard InChI is InChI=1S/C38H56N2O6/c1-6-8-9-10-11-12-13-14-15-16-17-18-19-20-21-22-23-24-27-46-35(7-2)37(43)40-33(28-30(3)4)36(42)39-31-25-26-34(41)32(29-31)38(44)45-5/h8-9,11-12,14-15,17-18,20-21,25-26,29-30,33,35,41H,6-7,10,13,16,19,22-24,27-28H2,1-5H3,(H,39,42)(H,40,43)/t33-,35?/m0/s1. The van der Waals surface area contributed by atoms with Crippen LogP contribution in [0.4, 0.5) is 5.69 Å². The first-order chi connectivity index (χ1) is 22.2. The number of hydrogen-bond acceptors (Lipinski definition) is 6. The van der Waals surface area contributed by atoms with Gasteiger partial charge >= 0.3 is 5.97 Å². The molecule has 8 nitrogen and oxygen atoms in total. The van der Waals surface area contributed by atoms with Gasteiger partial charge in [-0.1, -0.05) is 88.5 Å². The molecule has 0 saturated heterocycles. The number of allylic oxidation sites excluding steroid dienone is 10. The largest absolute Gasteiger partial charge is 0.507 e. The maximum Gasteiger partial charge on any atom is 0.341 e. The molecule has 0 aliphatic rings. The molecule has 1 aromatic rings. The Hall–Kier alpha value is -3.91. The zero-order valence-corrected chi connectivity index (χ0v) is 28.5. The number of phenolic OH excluding ortho intramolecular Hbond substituents is 1. The number of methoxy groups -OCH3 is 1. The molecule has 0 bridgehead atoms. The third-order valence-electron chi connectivity index (χ3n) is 6.91. The highest BCUT2D eigenvalue weighted by molar-refractivity contribution is 5.99. The number of phenols is 1. The first-order valence-corrected chi connectivity index (χ1v) is 16.6. The Morgan fingerprint density at radius 2 is 1.41 bits per heavy atom. The van der Waals surface area contributed by atoms with Crippen molar-refractivity contribution in [2.75, 3.05) is 19.0 Å². The summed E-state index contributed by atoms with van der Waals surface area (Å²) in [7, 11) is 1.21. The van der Waals surface area contributed by atoms with E-state index in [4.69, 9.17) is 4.74 Å². The van der Waals surface area contributed by atoms with Crippen LogP contribution in [0, 0.1) is 5.92 Å². The van der Waals surface area contributed by atoms with Crippen molar-refractivity contribution >= 4 is 23.5 Å². The minimum Gasteiger partial charge on any atom is -0.507 e. The number of hydrogen-bond donors (Lipinski definition) is 3. The van der Waals surface area contributed by atoms with Crippen molar-refractivity contribution in [3.05, 3.63) is 84.5 Å². The zero-order valence-electron chi connectivity index (χ0n) is 28.5. The van der Waals surface area contributed by atoms with Crippen LogP contribution in [0.15, 0.2) is 79.0 Å². The Bertz CT molecular complexity index is 1180. The molecule has 2 amide bonds. The Morgan fingerprint density at radius 3 is 1.96 bits per heavy atom. The van der Waals surface area contributed by atoms with E-state index in [0.717, 1.165) is 51.4 Å². The topological polar surface area (TPSA) is 114 Å². The van der Waals surface area contributed by atoms with E-state index in [-0.39, 0.29) is 23.1 Å². The lowest BCUT2D eigenvalue weighted by Crippen LogP contribution is -2.48. The van der Waals surface area contributed by atoms with Gasteiger partial charge in [0.1, 0.15) is 23.5 Å². The third kappa shape index (κ3) is 18.2. The van der Waals surface area contributed by atoms with Crippen LogP contribution < -0.4 is 10.6 Å².